The lowest BCUT2D eigenvalue weighted by Crippen LogP contribution is -2.43. The average molecular weight is 637 g/mol. The summed E-state index contributed by atoms with van der Waals surface area (Å²) in [7, 11) is -3.83. The van der Waals surface area contributed by atoms with E-state index in [4.69, 9.17) is 15.0 Å². The number of hydrogen-bond acceptors (Lipinski definition) is 11. The van der Waals surface area contributed by atoms with E-state index in [1.54, 1.807) is 50.4 Å². The Balaban J connectivity index is 1.56. The molecule has 5 rings (SSSR count). The van der Waals surface area contributed by atoms with Gasteiger partial charge in [0.2, 0.25) is 5.95 Å². The molecule has 0 spiro atoms. The first-order valence-electron chi connectivity index (χ1n) is 14.6. The lowest BCUT2D eigenvalue weighted by molar-refractivity contribution is 0.139. The van der Waals surface area contributed by atoms with Crippen molar-refractivity contribution in [2.24, 2.45) is 11.3 Å². The molecule has 10 nitrogen and oxygen atoms in total. The predicted molar refractivity (Wildman–Crippen MR) is 176 cm³/mol. The van der Waals surface area contributed by atoms with Gasteiger partial charge in [0.15, 0.2) is 9.84 Å². The van der Waals surface area contributed by atoms with E-state index < -0.39 is 32.6 Å². The number of aryl methyl sites for hydroxylation is 2. The van der Waals surface area contributed by atoms with Gasteiger partial charge in [-0.3, -0.25) is 4.98 Å². The lowest BCUT2D eigenvalue weighted by atomic mass is 9.91. The molecule has 3 heterocycles. The minimum atomic E-state index is -3.83. The summed E-state index contributed by atoms with van der Waals surface area (Å²) in [6.07, 6.45) is 1.67. The standard InChI is InChI=1S/C32H40N6O4S2/c1-18-25(29-37-26-19(2)33-14-13-24(26)43-29)28(38-30(35-18)34-17-31(3,4)5)36-23-15-22(27(40)21(23)16-39)32(6,7)44(41,42)20-11-9-8-10-12-20/h8-14,16,22-23,27,39-40H,15,17H2,1-7H3,(H2,34,35,36,38)/b21-16+/t22-,23+,27-/m0/s1. The third-order valence-electron chi connectivity index (χ3n) is 8.28. The fraction of sp³-hybridized carbons (Fsp3) is 0.438. The number of aromatic nitrogens is 4. The van der Waals surface area contributed by atoms with Crippen molar-refractivity contribution in [2.45, 2.75) is 76.7 Å². The lowest BCUT2D eigenvalue weighted by Gasteiger charge is -2.33. The fourth-order valence-electron chi connectivity index (χ4n) is 5.64. The SMILES string of the molecule is Cc1nc(NCC(C)(C)C)nc(N[C@@H]2C[C@H](C(C)(C)S(=O)(=O)c3ccccc3)[C@@H](O)/C2=C/O)c1-c1nc2c(C)nccc2s1. The van der Waals surface area contributed by atoms with Crippen molar-refractivity contribution in [3.8, 4) is 10.6 Å². The van der Waals surface area contributed by atoms with Gasteiger partial charge >= 0.3 is 0 Å². The Morgan fingerprint density at radius 2 is 1.73 bits per heavy atom. The number of aliphatic hydroxyl groups is 2. The van der Waals surface area contributed by atoms with E-state index in [2.05, 4.69) is 36.4 Å². The molecule has 1 fully saturated rings. The molecule has 3 atom stereocenters. The quantitative estimate of drug-likeness (QED) is 0.168. The maximum absolute atomic E-state index is 13.8. The highest BCUT2D eigenvalue weighted by Crippen LogP contribution is 2.45. The van der Waals surface area contributed by atoms with Gasteiger partial charge in [0.1, 0.15) is 16.3 Å². The zero-order chi connectivity index (χ0) is 32.0. The summed E-state index contributed by atoms with van der Waals surface area (Å²) in [6, 6.07) is 9.57. The summed E-state index contributed by atoms with van der Waals surface area (Å²) in [5, 5.41) is 29.2. The third kappa shape index (κ3) is 5.90. The van der Waals surface area contributed by atoms with E-state index in [1.165, 1.54) is 11.3 Å². The van der Waals surface area contributed by atoms with Crippen LogP contribution in [-0.2, 0) is 9.84 Å². The Morgan fingerprint density at radius 3 is 2.36 bits per heavy atom. The predicted octanol–water partition coefficient (Wildman–Crippen LogP) is 6.08. The Kier molecular flexibility index (Phi) is 8.47. The van der Waals surface area contributed by atoms with Gasteiger partial charge in [-0.2, -0.15) is 4.98 Å². The first-order chi connectivity index (χ1) is 20.6. The molecule has 44 heavy (non-hydrogen) atoms. The molecule has 4 N–H and O–H groups in total. The number of pyridine rings is 1. The molecule has 4 aromatic rings. The highest BCUT2D eigenvalue weighted by molar-refractivity contribution is 7.92. The summed E-state index contributed by atoms with van der Waals surface area (Å²) < 4.78 is 27.2. The van der Waals surface area contributed by atoms with E-state index in [-0.39, 0.29) is 16.7 Å². The molecule has 0 saturated heterocycles. The van der Waals surface area contributed by atoms with E-state index in [1.807, 2.05) is 19.9 Å². The molecular weight excluding hydrogens is 597 g/mol. The largest absolute Gasteiger partial charge is 0.515 e. The zero-order valence-corrected chi connectivity index (χ0v) is 27.7. The number of sulfone groups is 1. The van der Waals surface area contributed by atoms with Crippen molar-refractivity contribution in [3.63, 3.8) is 0 Å². The number of rotatable bonds is 8. The molecule has 0 radical (unpaired) electrons. The van der Waals surface area contributed by atoms with Gasteiger partial charge in [-0.25, -0.2) is 18.4 Å². The van der Waals surface area contributed by atoms with Gasteiger partial charge in [0.05, 0.1) is 49.7 Å². The third-order valence-corrected chi connectivity index (χ3v) is 11.9. The minimum Gasteiger partial charge on any atom is -0.515 e. The average Bonchev–Trinajstić information content (AvgIpc) is 3.53. The van der Waals surface area contributed by atoms with Crippen LogP contribution in [0, 0.1) is 25.2 Å². The molecule has 12 heteroatoms. The van der Waals surface area contributed by atoms with E-state index >= 15 is 0 Å². The maximum atomic E-state index is 13.8. The van der Waals surface area contributed by atoms with Crippen LogP contribution in [0.1, 0.15) is 52.4 Å². The topological polar surface area (TPSA) is 150 Å². The van der Waals surface area contributed by atoms with Gasteiger partial charge in [-0.1, -0.05) is 39.0 Å². The molecule has 3 aromatic heterocycles. The van der Waals surface area contributed by atoms with Gasteiger partial charge in [-0.15, -0.1) is 11.3 Å². The first-order valence-corrected chi connectivity index (χ1v) is 16.9. The molecule has 0 amide bonds. The van der Waals surface area contributed by atoms with Crippen molar-refractivity contribution in [1.29, 1.82) is 0 Å². The molecule has 234 valence electrons. The summed E-state index contributed by atoms with van der Waals surface area (Å²) >= 11 is 1.50. The van der Waals surface area contributed by atoms with Crippen LogP contribution in [-0.4, -0.2) is 62.0 Å². The Hall–Kier alpha value is -3.61. The van der Waals surface area contributed by atoms with Crippen LogP contribution in [0.25, 0.3) is 20.8 Å². The second kappa shape index (κ2) is 11.7. The van der Waals surface area contributed by atoms with Gasteiger partial charge in [-0.05, 0) is 57.7 Å². The molecule has 0 aliphatic heterocycles. The number of hydrogen-bond donors (Lipinski definition) is 4. The van der Waals surface area contributed by atoms with E-state index in [0.29, 0.717) is 40.1 Å². The van der Waals surface area contributed by atoms with Crippen LogP contribution in [0.4, 0.5) is 11.8 Å². The number of benzene rings is 1. The van der Waals surface area contributed by atoms with Crippen molar-refractivity contribution >= 4 is 43.2 Å². The summed E-state index contributed by atoms with van der Waals surface area (Å²) in [4.78, 5) is 19.1. The van der Waals surface area contributed by atoms with Crippen LogP contribution in [0.3, 0.4) is 0 Å². The van der Waals surface area contributed by atoms with Gasteiger partial charge < -0.3 is 20.8 Å². The van der Waals surface area contributed by atoms with Crippen LogP contribution < -0.4 is 10.6 Å². The second-order valence-corrected chi connectivity index (χ2v) is 16.6. The van der Waals surface area contributed by atoms with Crippen LogP contribution in [0.15, 0.2) is 59.3 Å². The van der Waals surface area contributed by atoms with Crippen molar-refractivity contribution < 1.29 is 18.6 Å². The molecule has 0 bridgehead atoms. The Morgan fingerprint density at radius 1 is 1.02 bits per heavy atom. The van der Waals surface area contributed by atoms with Crippen LogP contribution in [0.2, 0.25) is 0 Å². The summed E-state index contributed by atoms with van der Waals surface area (Å²) in [5.41, 5.74) is 3.27. The molecule has 1 aliphatic carbocycles. The first kappa shape index (κ1) is 31.8. The van der Waals surface area contributed by atoms with Crippen molar-refractivity contribution in [2.75, 3.05) is 17.2 Å². The van der Waals surface area contributed by atoms with E-state index in [9.17, 15) is 18.6 Å². The van der Waals surface area contributed by atoms with Gasteiger partial charge in [0, 0.05) is 24.2 Å². The number of anilines is 2. The van der Waals surface area contributed by atoms with Gasteiger partial charge in [0.25, 0.3) is 0 Å². The second-order valence-electron chi connectivity index (χ2n) is 13.1. The van der Waals surface area contributed by atoms with Crippen LogP contribution >= 0.6 is 11.3 Å². The minimum absolute atomic E-state index is 0.0213. The highest BCUT2D eigenvalue weighted by Gasteiger charge is 2.52. The van der Waals surface area contributed by atoms with E-state index in [0.717, 1.165) is 22.2 Å². The number of thiazole rings is 1. The molecule has 1 saturated carbocycles. The van der Waals surface area contributed by atoms with Crippen LogP contribution in [0.5, 0.6) is 0 Å². The fourth-order valence-corrected chi connectivity index (χ4v) is 8.50. The molecule has 0 unspecified atom stereocenters. The Bertz CT molecular complexity index is 1810. The normalized spacial score (nSPS) is 20.4. The molecular formula is C32H40N6O4S2. The molecule has 1 aromatic carbocycles. The summed E-state index contributed by atoms with van der Waals surface area (Å²) in [5.74, 6) is 0.184. The number of nitrogens with one attached hydrogen (secondary N) is 2. The number of fused-ring (bicyclic) bond motifs is 1. The number of nitrogens with zero attached hydrogens (tertiary/aromatic N) is 4. The smallest absolute Gasteiger partial charge is 0.224 e. The zero-order valence-electron chi connectivity index (χ0n) is 26.1. The summed E-state index contributed by atoms with van der Waals surface area (Å²) in [6.45, 7) is 14.0. The number of aliphatic hydroxyl groups excluding tert-OH is 2. The molecule has 1 aliphatic rings. The maximum Gasteiger partial charge on any atom is 0.224 e. The van der Waals surface area contributed by atoms with Crippen molar-refractivity contribution in [3.05, 3.63) is 65.8 Å². The van der Waals surface area contributed by atoms with Crippen molar-refractivity contribution in [1.82, 2.24) is 19.9 Å². The Labute approximate surface area is 262 Å². The highest BCUT2D eigenvalue weighted by atomic mass is 32.2. The monoisotopic (exact) mass is 636 g/mol.